The fourth-order valence-corrected chi connectivity index (χ4v) is 4.47. The molecule has 2 fully saturated rings. The van der Waals surface area contributed by atoms with Crippen molar-refractivity contribution in [2.75, 3.05) is 38.5 Å². The lowest BCUT2D eigenvalue weighted by molar-refractivity contribution is -0.130. The molecule has 7 heteroatoms. The zero-order valence-electron chi connectivity index (χ0n) is 14.2. The smallest absolute Gasteiger partial charge is 0.237 e. The van der Waals surface area contributed by atoms with Crippen molar-refractivity contribution < 1.29 is 13.2 Å². The number of amides is 1. The van der Waals surface area contributed by atoms with E-state index in [-0.39, 0.29) is 11.7 Å². The summed E-state index contributed by atoms with van der Waals surface area (Å²) in [6, 6.07) is 8.42. The van der Waals surface area contributed by atoms with Crippen molar-refractivity contribution in [2.45, 2.75) is 18.6 Å². The van der Waals surface area contributed by atoms with E-state index < -0.39 is 15.6 Å². The lowest BCUT2D eigenvalue weighted by Gasteiger charge is -2.34. The zero-order valence-corrected chi connectivity index (χ0v) is 15.0. The molecule has 1 heterocycles. The molecule has 25 heavy (non-hydrogen) atoms. The Labute approximate surface area is 148 Å². The molecule has 2 aliphatic rings. The molecule has 1 aliphatic carbocycles. The molecule has 1 amide bonds. The van der Waals surface area contributed by atoms with Gasteiger partial charge in [-0.25, -0.2) is 8.42 Å². The number of sulfone groups is 1. The summed E-state index contributed by atoms with van der Waals surface area (Å²) in [7, 11) is -3.51. The van der Waals surface area contributed by atoms with Crippen molar-refractivity contribution in [1.82, 2.24) is 9.80 Å². The van der Waals surface area contributed by atoms with E-state index in [0.717, 1.165) is 25.6 Å². The molecule has 0 spiro atoms. The summed E-state index contributed by atoms with van der Waals surface area (Å²) >= 11 is 0. The Morgan fingerprint density at radius 1 is 1.12 bits per heavy atom. The maximum Gasteiger partial charge on any atom is 0.237 e. The first-order valence-corrected chi connectivity index (χ1v) is 10.5. The molecule has 0 unspecified atom stereocenters. The van der Waals surface area contributed by atoms with Gasteiger partial charge in [0.25, 0.3) is 0 Å². The van der Waals surface area contributed by atoms with Crippen LogP contribution in [-0.4, -0.2) is 62.6 Å². The molecule has 3 rings (SSSR count). The van der Waals surface area contributed by atoms with Gasteiger partial charge in [0.15, 0.2) is 9.84 Å². The molecule has 0 aromatic heterocycles. The van der Waals surface area contributed by atoms with Gasteiger partial charge in [-0.1, -0.05) is 12.1 Å². The summed E-state index contributed by atoms with van der Waals surface area (Å²) in [4.78, 5) is 16.4. The predicted molar refractivity (Wildman–Crippen MR) is 94.4 cm³/mol. The summed E-state index contributed by atoms with van der Waals surface area (Å²) in [5.41, 5.74) is 1.09. The second-order valence-corrected chi connectivity index (χ2v) is 9.03. The second-order valence-electron chi connectivity index (χ2n) is 6.97. The minimum Gasteiger partial charge on any atom is -0.339 e. The van der Waals surface area contributed by atoms with E-state index in [2.05, 4.69) is 4.90 Å². The molecule has 134 valence electrons. The summed E-state index contributed by atoms with van der Waals surface area (Å²) in [6.07, 6.45) is 2.62. The van der Waals surface area contributed by atoms with Gasteiger partial charge in [-0.15, -0.1) is 0 Å². The number of benzene rings is 1. The standard InChI is InChI=1S/C18H23N3O3S/c19-11-15-1-5-17(6-2-15)13-25(23,24)14-18(22)21-9-7-20(8-10-21)12-16-3-4-16/h1-2,5-6,16H,3-4,7-10,12-14H2. The second kappa shape index (κ2) is 7.54. The van der Waals surface area contributed by atoms with Gasteiger partial charge in [-0.2, -0.15) is 5.26 Å². The summed E-state index contributed by atoms with van der Waals surface area (Å²) < 4.78 is 24.6. The van der Waals surface area contributed by atoms with Crippen LogP contribution in [0.5, 0.6) is 0 Å². The minimum absolute atomic E-state index is 0.175. The van der Waals surface area contributed by atoms with Gasteiger partial charge in [0.1, 0.15) is 5.75 Å². The van der Waals surface area contributed by atoms with Crippen LogP contribution in [-0.2, 0) is 20.4 Å². The van der Waals surface area contributed by atoms with E-state index >= 15 is 0 Å². The van der Waals surface area contributed by atoms with E-state index in [1.165, 1.54) is 12.8 Å². The van der Waals surface area contributed by atoms with Crippen LogP contribution in [0.1, 0.15) is 24.0 Å². The molecule has 0 atom stereocenters. The van der Waals surface area contributed by atoms with Crippen LogP contribution in [0.2, 0.25) is 0 Å². The van der Waals surface area contributed by atoms with E-state index in [4.69, 9.17) is 5.26 Å². The number of piperazine rings is 1. The molecule has 1 saturated heterocycles. The van der Waals surface area contributed by atoms with E-state index in [0.29, 0.717) is 24.2 Å². The minimum atomic E-state index is -3.51. The highest BCUT2D eigenvalue weighted by Gasteiger charge is 2.29. The Morgan fingerprint density at radius 3 is 2.32 bits per heavy atom. The molecule has 1 aromatic rings. The monoisotopic (exact) mass is 361 g/mol. The Hall–Kier alpha value is -1.91. The average Bonchev–Trinajstić information content (AvgIpc) is 3.39. The normalized spacial score (nSPS) is 18.8. The number of nitriles is 1. The molecule has 6 nitrogen and oxygen atoms in total. The lowest BCUT2D eigenvalue weighted by atomic mass is 10.2. The van der Waals surface area contributed by atoms with Crippen molar-refractivity contribution in [3.05, 3.63) is 35.4 Å². The van der Waals surface area contributed by atoms with Gasteiger partial charge in [-0.3, -0.25) is 9.69 Å². The van der Waals surface area contributed by atoms with Crippen molar-refractivity contribution >= 4 is 15.7 Å². The average molecular weight is 361 g/mol. The maximum absolute atomic E-state index is 12.3. The fraction of sp³-hybridized carbons (Fsp3) is 0.556. The Bertz CT molecular complexity index is 756. The largest absolute Gasteiger partial charge is 0.339 e. The van der Waals surface area contributed by atoms with Crippen molar-refractivity contribution in [2.24, 2.45) is 5.92 Å². The zero-order chi connectivity index (χ0) is 17.9. The third-order valence-corrected chi connectivity index (χ3v) is 6.21. The number of rotatable bonds is 6. The van der Waals surface area contributed by atoms with Gasteiger partial charge in [0.05, 0.1) is 17.4 Å². The van der Waals surface area contributed by atoms with Crippen LogP contribution in [0, 0.1) is 17.2 Å². The quantitative estimate of drug-likeness (QED) is 0.756. The summed E-state index contributed by atoms with van der Waals surface area (Å²) in [6.45, 7) is 3.99. The Balaban J connectivity index is 1.49. The van der Waals surface area contributed by atoms with Gasteiger partial charge < -0.3 is 4.90 Å². The first kappa shape index (κ1) is 17.9. The van der Waals surface area contributed by atoms with Crippen molar-refractivity contribution in [3.8, 4) is 6.07 Å². The van der Waals surface area contributed by atoms with Gasteiger partial charge in [0.2, 0.25) is 5.91 Å². The number of nitrogens with zero attached hydrogens (tertiary/aromatic N) is 3. The number of carbonyl (C=O) groups excluding carboxylic acids is 1. The molecule has 0 bridgehead atoms. The number of carbonyl (C=O) groups is 1. The highest BCUT2D eigenvalue weighted by molar-refractivity contribution is 7.91. The highest BCUT2D eigenvalue weighted by Crippen LogP contribution is 2.29. The van der Waals surface area contributed by atoms with Crippen LogP contribution < -0.4 is 0 Å². The van der Waals surface area contributed by atoms with Crippen LogP contribution in [0.3, 0.4) is 0 Å². The molecule has 1 saturated carbocycles. The summed E-state index contributed by atoms with van der Waals surface area (Å²) in [5, 5.41) is 8.77. The van der Waals surface area contributed by atoms with Gasteiger partial charge in [-0.05, 0) is 36.5 Å². The van der Waals surface area contributed by atoms with Gasteiger partial charge in [0, 0.05) is 32.7 Å². The predicted octanol–water partition coefficient (Wildman–Crippen LogP) is 1.03. The van der Waals surface area contributed by atoms with Crippen molar-refractivity contribution in [1.29, 1.82) is 5.26 Å². The number of hydrogen-bond donors (Lipinski definition) is 0. The van der Waals surface area contributed by atoms with Crippen LogP contribution >= 0.6 is 0 Å². The third-order valence-electron chi connectivity index (χ3n) is 4.75. The first-order valence-electron chi connectivity index (χ1n) is 8.65. The molecule has 1 aliphatic heterocycles. The first-order chi connectivity index (χ1) is 11.9. The molecule has 0 radical (unpaired) electrons. The van der Waals surface area contributed by atoms with Crippen LogP contribution in [0.4, 0.5) is 0 Å². The topological polar surface area (TPSA) is 81.5 Å². The van der Waals surface area contributed by atoms with E-state index in [9.17, 15) is 13.2 Å². The van der Waals surface area contributed by atoms with E-state index in [1.54, 1.807) is 29.2 Å². The van der Waals surface area contributed by atoms with E-state index in [1.807, 2.05) is 6.07 Å². The van der Waals surface area contributed by atoms with Crippen LogP contribution in [0.15, 0.2) is 24.3 Å². The summed E-state index contributed by atoms with van der Waals surface area (Å²) in [5.74, 6) is -0.100. The molecule has 0 N–H and O–H groups in total. The van der Waals surface area contributed by atoms with Gasteiger partial charge >= 0.3 is 0 Å². The van der Waals surface area contributed by atoms with Crippen molar-refractivity contribution in [3.63, 3.8) is 0 Å². The molecule has 1 aromatic carbocycles. The molecular formula is C18H23N3O3S. The Kier molecular flexibility index (Phi) is 5.40. The highest BCUT2D eigenvalue weighted by atomic mass is 32.2. The fourth-order valence-electron chi connectivity index (χ4n) is 3.11. The lowest BCUT2D eigenvalue weighted by Crippen LogP contribution is -2.50. The van der Waals surface area contributed by atoms with Crippen LogP contribution in [0.25, 0.3) is 0 Å². The maximum atomic E-state index is 12.3. The SMILES string of the molecule is N#Cc1ccc(CS(=O)(=O)CC(=O)N2CCN(CC3CC3)CC2)cc1. The number of hydrogen-bond acceptors (Lipinski definition) is 5. The molecular weight excluding hydrogens is 338 g/mol. The Morgan fingerprint density at radius 2 is 1.76 bits per heavy atom. The third kappa shape index (κ3) is 5.28.